The molecule has 0 radical (unpaired) electrons. The van der Waals surface area contributed by atoms with E-state index in [0.29, 0.717) is 5.43 Å². The number of rotatable bonds is 5. The fourth-order valence-electron chi connectivity index (χ4n) is 0.692. The number of carbonyl (C=O) groups is 1. The molecule has 0 atom stereocenters. The molecule has 0 fully saturated rings. The monoisotopic (exact) mass is 217 g/mol. The smallest absolute Gasteiger partial charge is 0.381 e. The molecule has 14 heavy (non-hydrogen) atoms. The SMILES string of the molecule is CCCC(F)(F)C(F)(F)NNC(=O)[O-]. The molecule has 0 heterocycles. The van der Waals surface area contributed by atoms with Crippen LogP contribution in [0, 0.1) is 0 Å². The number of amides is 1. The van der Waals surface area contributed by atoms with Gasteiger partial charge >= 0.3 is 12.0 Å². The van der Waals surface area contributed by atoms with Gasteiger partial charge in [-0.05, 0) is 0 Å². The van der Waals surface area contributed by atoms with E-state index in [9.17, 15) is 27.5 Å². The molecule has 2 N–H and O–H groups in total. The Hall–Kier alpha value is -1.05. The molecule has 0 aromatic carbocycles. The van der Waals surface area contributed by atoms with E-state index >= 15 is 0 Å². The van der Waals surface area contributed by atoms with Crippen LogP contribution in [0.1, 0.15) is 19.8 Å². The van der Waals surface area contributed by atoms with Crippen molar-refractivity contribution in [3.05, 3.63) is 0 Å². The first-order valence-corrected chi connectivity index (χ1v) is 3.72. The number of hydrazine groups is 1. The van der Waals surface area contributed by atoms with Gasteiger partial charge in [0.15, 0.2) is 0 Å². The summed E-state index contributed by atoms with van der Waals surface area (Å²) in [5, 5.41) is 9.67. The van der Waals surface area contributed by atoms with Gasteiger partial charge < -0.3 is 15.3 Å². The van der Waals surface area contributed by atoms with Gasteiger partial charge in [0, 0.05) is 6.42 Å². The molecule has 8 heteroatoms. The molecule has 0 saturated carbocycles. The zero-order chi connectivity index (χ0) is 11.4. The van der Waals surface area contributed by atoms with Crippen LogP contribution in [-0.4, -0.2) is 18.1 Å². The van der Waals surface area contributed by atoms with Crippen molar-refractivity contribution in [2.75, 3.05) is 0 Å². The molecule has 0 saturated heterocycles. The molecule has 84 valence electrons. The first-order chi connectivity index (χ1) is 6.23. The second-order valence-electron chi connectivity index (χ2n) is 2.57. The van der Waals surface area contributed by atoms with Crippen LogP contribution < -0.4 is 16.0 Å². The minimum Gasteiger partial charge on any atom is -0.529 e. The van der Waals surface area contributed by atoms with Gasteiger partial charge in [0.05, 0.1) is 0 Å². The maximum Gasteiger partial charge on any atom is 0.381 e. The maximum absolute atomic E-state index is 12.6. The topological polar surface area (TPSA) is 64.2 Å². The predicted molar refractivity (Wildman–Crippen MR) is 36.5 cm³/mol. The summed E-state index contributed by atoms with van der Waals surface area (Å²) in [7, 11) is 0. The van der Waals surface area contributed by atoms with Crippen molar-refractivity contribution in [1.82, 2.24) is 10.9 Å². The van der Waals surface area contributed by atoms with Gasteiger partial charge in [0.25, 0.3) is 0 Å². The second kappa shape index (κ2) is 4.45. The quantitative estimate of drug-likeness (QED) is 0.399. The number of alkyl halides is 4. The van der Waals surface area contributed by atoms with Crippen molar-refractivity contribution in [2.24, 2.45) is 0 Å². The summed E-state index contributed by atoms with van der Waals surface area (Å²) < 4.78 is 50.2. The van der Waals surface area contributed by atoms with Gasteiger partial charge in [-0.2, -0.15) is 23.0 Å². The molecule has 4 nitrogen and oxygen atoms in total. The van der Waals surface area contributed by atoms with Gasteiger partial charge in [-0.1, -0.05) is 13.3 Å². The summed E-state index contributed by atoms with van der Waals surface area (Å²) in [4.78, 5) is 9.67. The minimum atomic E-state index is -4.64. The Kier molecular flexibility index (Phi) is 4.11. The first kappa shape index (κ1) is 12.9. The van der Waals surface area contributed by atoms with Crippen molar-refractivity contribution in [3.63, 3.8) is 0 Å². The first-order valence-electron chi connectivity index (χ1n) is 3.72. The summed E-state index contributed by atoms with van der Waals surface area (Å²) >= 11 is 0. The highest BCUT2D eigenvalue weighted by atomic mass is 19.3. The Morgan fingerprint density at radius 1 is 1.36 bits per heavy atom. The predicted octanol–water partition coefficient (Wildman–Crippen LogP) is 0.452. The zero-order valence-corrected chi connectivity index (χ0v) is 7.24. The lowest BCUT2D eigenvalue weighted by Crippen LogP contribution is -2.60. The third-order valence-electron chi connectivity index (χ3n) is 1.34. The summed E-state index contributed by atoms with van der Waals surface area (Å²) in [6.07, 6.45) is -3.32. The molecule has 0 aromatic rings. The number of nitrogens with one attached hydrogen (secondary N) is 2. The fraction of sp³-hybridized carbons (Fsp3) is 0.833. The third kappa shape index (κ3) is 3.36. The van der Waals surface area contributed by atoms with Crippen molar-refractivity contribution >= 4 is 6.09 Å². The number of halogens is 4. The molecular formula is C6H9F4N2O2-. The Morgan fingerprint density at radius 2 is 1.86 bits per heavy atom. The summed E-state index contributed by atoms with van der Waals surface area (Å²) in [5.41, 5.74) is 1.56. The standard InChI is InChI=1S/C6H10F4N2O2/c1-2-3-5(7,8)6(9,10)12-11-4(13)14/h11-12H,2-3H2,1H3,(H,13,14)/p-1. The number of carbonyl (C=O) groups excluding carboxylic acids is 1. The molecule has 0 unspecified atom stereocenters. The van der Waals surface area contributed by atoms with Gasteiger partial charge in [-0.15, -0.1) is 0 Å². The molecule has 0 aliphatic carbocycles. The Labute approximate surface area is 77.3 Å². The van der Waals surface area contributed by atoms with Gasteiger partial charge in [-0.3, -0.25) is 0 Å². The second-order valence-corrected chi connectivity index (χ2v) is 2.57. The zero-order valence-electron chi connectivity index (χ0n) is 7.24. The minimum absolute atomic E-state index is 0.157. The van der Waals surface area contributed by atoms with Crippen LogP contribution in [0.5, 0.6) is 0 Å². The molecule has 0 spiro atoms. The maximum atomic E-state index is 12.6. The van der Waals surface area contributed by atoms with Crippen LogP contribution in [-0.2, 0) is 0 Å². The van der Waals surface area contributed by atoms with E-state index in [1.807, 2.05) is 0 Å². The highest BCUT2D eigenvalue weighted by Crippen LogP contribution is 2.35. The summed E-state index contributed by atoms with van der Waals surface area (Å²) in [6, 6.07) is -4.64. The number of hydrogen-bond acceptors (Lipinski definition) is 3. The number of carboxylic acid groups (broad SMARTS) is 1. The van der Waals surface area contributed by atoms with E-state index in [4.69, 9.17) is 0 Å². The lowest BCUT2D eigenvalue weighted by molar-refractivity contribution is -0.266. The van der Waals surface area contributed by atoms with E-state index < -0.39 is 24.5 Å². The molecule has 1 amide bonds. The Morgan fingerprint density at radius 3 is 2.21 bits per heavy atom. The van der Waals surface area contributed by atoms with Crippen molar-refractivity contribution < 1.29 is 27.5 Å². The normalized spacial score (nSPS) is 12.6. The molecule has 0 aliphatic heterocycles. The summed E-state index contributed by atoms with van der Waals surface area (Å²) in [5.74, 6) is -4.32. The van der Waals surface area contributed by atoms with Crippen LogP contribution in [0.25, 0.3) is 0 Å². The van der Waals surface area contributed by atoms with E-state index in [1.54, 1.807) is 0 Å². The third-order valence-corrected chi connectivity index (χ3v) is 1.34. The molecule has 0 rings (SSSR count). The van der Waals surface area contributed by atoms with Gasteiger partial charge in [0.2, 0.25) is 0 Å². The fourth-order valence-corrected chi connectivity index (χ4v) is 0.692. The molecule has 0 bridgehead atoms. The average Bonchev–Trinajstić information content (AvgIpc) is 2.00. The van der Waals surface area contributed by atoms with E-state index in [-0.39, 0.29) is 6.42 Å². The van der Waals surface area contributed by atoms with Crippen molar-refractivity contribution in [2.45, 2.75) is 31.7 Å². The summed E-state index contributed by atoms with van der Waals surface area (Å²) in [6.45, 7) is 1.30. The van der Waals surface area contributed by atoms with Crippen molar-refractivity contribution in [3.8, 4) is 0 Å². The lowest BCUT2D eigenvalue weighted by atomic mass is 10.1. The Balaban J connectivity index is 4.34. The van der Waals surface area contributed by atoms with Crippen LogP contribution in [0.3, 0.4) is 0 Å². The van der Waals surface area contributed by atoms with Gasteiger partial charge in [0.1, 0.15) is 6.09 Å². The molecular weight excluding hydrogens is 208 g/mol. The largest absolute Gasteiger partial charge is 0.529 e. The highest BCUT2D eigenvalue weighted by Gasteiger charge is 2.55. The number of hydrogen-bond donors (Lipinski definition) is 2. The average molecular weight is 217 g/mol. The van der Waals surface area contributed by atoms with Crippen LogP contribution in [0.2, 0.25) is 0 Å². The van der Waals surface area contributed by atoms with Gasteiger partial charge in [-0.25, -0.2) is 0 Å². The molecule has 0 aliphatic rings. The Bertz CT molecular complexity index is 210. The van der Waals surface area contributed by atoms with Crippen LogP contribution in [0.15, 0.2) is 0 Å². The van der Waals surface area contributed by atoms with Crippen LogP contribution in [0.4, 0.5) is 22.4 Å². The van der Waals surface area contributed by atoms with E-state index in [2.05, 4.69) is 0 Å². The van der Waals surface area contributed by atoms with E-state index in [0.717, 1.165) is 5.43 Å². The van der Waals surface area contributed by atoms with Crippen molar-refractivity contribution in [1.29, 1.82) is 0 Å². The molecule has 0 aromatic heterocycles. The van der Waals surface area contributed by atoms with Crippen LogP contribution >= 0.6 is 0 Å². The lowest BCUT2D eigenvalue weighted by Gasteiger charge is -2.27. The highest BCUT2D eigenvalue weighted by molar-refractivity contribution is 5.61. The van der Waals surface area contributed by atoms with E-state index in [1.165, 1.54) is 6.92 Å².